The zero-order valence-electron chi connectivity index (χ0n) is 14.3. The van der Waals surface area contributed by atoms with E-state index in [0.717, 1.165) is 42.6 Å². The summed E-state index contributed by atoms with van der Waals surface area (Å²) in [6.45, 7) is 2.39. The van der Waals surface area contributed by atoms with Gasteiger partial charge >= 0.3 is 0 Å². The molecule has 1 fully saturated rings. The molecule has 1 aliphatic rings. The molecule has 0 heterocycles. The Hall–Kier alpha value is -1.11. The number of methoxy groups -OCH3 is 1. The molecule has 1 aliphatic carbocycles. The third kappa shape index (κ3) is 4.93. The van der Waals surface area contributed by atoms with E-state index in [9.17, 15) is 8.42 Å². The number of nitrogens with zero attached hydrogens (tertiary/aromatic N) is 1. The molecule has 6 heteroatoms. The fourth-order valence-electron chi connectivity index (χ4n) is 3.16. The van der Waals surface area contributed by atoms with Crippen molar-refractivity contribution >= 4 is 10.2 Å². The molecule has 1 saturated carbocycles. The van der Waals surface area contributed by atoms with Gasteiger partial charge in [0.05, 0.1) is 7.11 Å². The van der Waals surface area contributed by atoms with Crippen molar-refractivity contribution in [1.29, 1.82) is 0 Å². The van der Waals surface area contributed by atoms with E-state index in [1.807, 2.05) is 25.1 Å². The molecule has 0 bridgehead atoms. The van der Waals surface area contributed by atoms with Gasteiger partial charge in [-0.15, -0.1) is 0 Å². The predicted molar refractivity (Wildman–Crippen MR) is 93.0 cm³/mol. The average Bonchev–Trinajstić information content (AvgIpc) is 2.55. The number of benzene rings is 1. The molecular weight excluding hydrogens is 312 g/mol. The molecule has 2 rings (SSSR count). The summed E-state index contributed by atoms with van der Waals surface area (Å²) in [6.07, 6.45) is 5.98. The van der Waals surface area contributed by atoms with Crippen LogP contribution in [0.15, 0.2) is 18.2 Å². The fourth-order valence-corrected chi connectivity index (χ4v) is 4.33. The Labute approximate surface area is 140 Å². The Balaban J connectivity index is 1.93. The minimum atomic E-state index is -3.42. The minimum absolute atomic E-state index is 0.134. The molecule has 1 aromatic rings. The van der Waals surface area contributed by atoms with Gasteiger partial charge in [-0.25, -0.2) is 4.72 Å². The van der Waals surface area contributed by atoms with E-state index >= 15 is 0 Å². The second-order valence-electron chi connectivity index (χ2n) is 6.27. The first-order valence-electron chi connectivity index (χ1n) is 8.30. The van der Waals surface area contributed by atoms with Gasteiger partial charge in [0.25, 0.3) is 10.2 Å². The van der Waals surface area contributed by atoms with Gasteiger partial charge in [0, 0.05) is 19.6 Å². The van der Waals surface area contributed by atoms with Gasteiger partial charge in [-0.3, -0.25) is 0 Å². The van der Waals surface area contributed by atoms with Crippen LogP contribution in [0.4, 0.5) is 0 Å². The Morgan fingerprint density at radius 1 is 1.26 bits per heavy atom. The van der Waals surface area contributed by atoms with Gasteiger partial charge in [0.15, 0.2) is 0 Å². The number of hydrogen-bond donors (Lipinski definition) is 1. The molecule has 5 nitrogen and oxygen atoms in total. The van der Waals surface area contributed by atoms with Crippen molar-refractivity contribution in [2.45, 2.75) is 51.5 Å². The normalized spacial score (nSPS) is 16.7. The Kier molecular flexibility index (Phi) is 6.44. The Bertz CT molecular complexity index is 610. The first-order valence-corrected chi connectivity index (χ1v) is 9.74. The number of aryl methyl sites for hydroxylation is 1. The van der Waals surface area contributed by atoms with Crippen LogP contribution in [0.3, 0.4) is 0 Å². The van der Waals surface area contributed by atoms with Gasteiger partial charge in [-0.2, -0.15) is 12.7 Å². The molecule has 0 saturated heterocycles. The lowest BCUT2D eigenvalue weighted by molar-refractivity contribution is 0.283. The highest BCUT2D eigenvalue weighted by Crippen LogP contribution is 2.23. The smallest absolute Gasteiger partial charge is 0.279 e. The standard InChI is InChI=1S/C17H28N2O3S/c1-14-9-10-17(22-3)15(13-14)11-12-18-23(20,21)19(2)16-7-5-4-6-8-16/h9-10,13,16,18H,4-8,11-12H2,1-3H3. The summed E-state index contributed by atoms with van der Waals surface area (Å²) < 4.78 is 34.4. The van der Waals surface area contributed by atoms with E-state index in [0.29, 0.717) is 13.0 Å². The number of hydrogen-bond acceptors (Lipinski definition) is 3. The largest absolute Gasteiger partial charge is 0.496 e. The highest BCUT2D eigenvalue weighted by Gasteiger charge is 2.27. The van der Waals surface area contributed by atoms with Crippen molar-refractivity contribution in [2.24, 2.45) is 0 Å². The summed E-state index contributed by atoms with van der Waals surface area (Å²) >= 11 is 0. The second kappa shape index (κ2) is 8.13. The Morgan fingerprint density at radius 2 is 1.96 bits per heavy atom. The maximum Gasteiger partial charge on any atom is 0.279 e. The number of ether oxygens (including phenoxy) is 1. The van der Waals surface area contributed by atoms with Gasteiger partial charge in [-0.05, 0) is 37.8 Å². The van der Waals surface area contributed by atoms with Crippen LogP contribution in [0.5, 0.6) is 5.75 Å². The second-order valence-corrected chi connectivity index (χ2v) is 8.09. The first-order chi connectivity index (χ1) is 10.9. The quantitative estimate of drug-likeness (QED) is 0.830. The van der Waals surface area contributed by atoms with Gasteiger partial charge in [0.2, 0.25) is 0 Å². The third-order valence-corrected chi connectivity index (χ3v) is 6.21. The minimum Gasteiger partial charge on any atom is -0.496 e. The van der Waals surface area contributed by atoms with E-state index < -0.39 is 10.2 Å². The zero-order valence-corrected chi connectivity index (χ0v) is 15.2. The van der Waals surface area contributed by atoms with Crippen LogP contribution in [0, 0.1) is 6.92 Å². The maximum absolute atomic E-state index is 12.4. The number of rotatable bonds is 7. The highest BCUT2D eigenvalue weighted by molar-refractivity contribution is 7.87. The molecule has 0 aliphatic heterocycles. The van der Waals surface area contributed by atoms with Crippen molar-refractivity contribution < 1.29 is 13.2 Å². The molecule has 0 atom stereocenters. The summed E-state index contributed by atoms with van der Waals surface area (Å²) in [4.78, 5) is 0. The molecule has 1 aromatic carbocycles. The van der Waals surface area contributed by atoms with Gasteiger partial charge in [0.1, 0.15) is 5.75 Å². The Morgan fingerprint density at radius 3 is 2.61 bits per heavy atom. The summed E-state index contributed by atoms with van der Waals surface area (Å²) in [7, 11) is -0.0970. The summed E-state index contributed by atoms with van der Waals surface area (Å²) in [6, 6.07) is 6.09. The molecule has 0 amide bonds. The van der Waals surface area contributed by atoms with Crippen LogP contribution in [0.25, 0.3) is 0 Å². The first kappa shape index (κ1) is 18.2. The van der Waals surface area contributed by atoms with E-state index in [-0.39, 0.29) is 6.04 Å². The van der Waals surface area contributed by atoms with E-state index in [4.69, 9.17) is 4.74 Å². The monoisotopic (exact) mass is 340 g/mol. The van der Waals surface area contributed by atoms with Crippen LogP contribution in [0.1, 0.15) is 43.2 Å². The molecular formula is C17H28N2O3S. The summed E-state index contributed by atoms with van der Waals surface area (Å²) in [5.74, 6) is 0.801. The lowest BCUT2D eigenvalue weighted by atomic mass is 9.96. The van der Waals surface area contributed by atoms with Crippen LogP contribution in [-0.2, 0) is 16.6 Å². The van der Waals surface area contributed by atoms with E-state index in [1.165, 1.54) is 10.7 Å². The molecule has 23 heavy (non-hydrogen) atoms. The summed E-state index contributed by atoms with van der Waals surface area (Å²) in [5, 5.41) is 0. The van der Waals surface area contributed by atoms with Crippen LogP contribution in [-0.4, -0.2) is 39.5 Å². The van der Waals surface area contributed by atoms with Crippen molar-refractivity contribution in [1.82, 2.24) is 9.03 Å². The highest BCUT2D eigenvalue weighted by atomic mass is 32.2. The fraction of sp³-hybridized carbons (Fsp3) is 0.647. The number of nitrogens with one attached hydrogen (secondary N) is 1. The van der Waals surface area contributed by atoms with Gasteiger partial charge in [-0.1, -0.05) is 37.0 Å². The molecule has 0 aromatic heterocycles. The SMILES string of the molecule is COc1ccc(C)cc1CCNS(=O)(=O)N(C)C1CCCCC1. The molecule has 130 valence electrons. The topological polar surface area (TPSA) is 58.6 Å². The molecule has 1 N–H and O–H groups in total. The van der Waals surface area contributed by atoms with Crippen LogP contribution < -0.4 is 9.46 Å². The molecule has 0 unspecified atom stereocenters. The maximum atomic E-state index is 12.4. The van der Waals surface area contributed by atoms with Crippen molar-refractivity contribution in [3.63, 3.8) is 0 Å². The van der Waals surface area contributed by atoms with Crippen molar-refractivity contribution in [2.75, 3.05) is 20.7 Å². The molecule has 0 spiro atoms. The summed E-state index contributed by atoms with van der Waals surface area (Å²) in [5.41, 5.74) is 2.17. The lowest BCUT2D eigenvalue weighted by Gasteiger charge is -2.30. The molecule has 0 radical (unpaired) electrons. The zero-order chi connectivity index (χ0) is 16.9. The average molecular weight is 340 g/mol. The van der Waals surface area contributed by atoms with Crippen LogP contribution >= 0.6 is 0 Å². The lowest BCUT2D eigenvalue weighted by Crippen LogP contribution is -2.45. The van der Waals surface area contributed by atoms with Gasteiger partial charge < -0.3 is 4.74 Å². The van der Waals surface area contributed by atoms with E-state index in [2.05, 4.69) is 4.72 Å². The van der Waals surface area contributed by atoms with Crippen LogP contribution in [0.2, 0.25) is 0 Å². The third-order valence-electron chi connectivity index (χ3n) is 4.58. The van der Waals surface area contributed by atoms with E-state index in [1.54, 1.807) is 14.2 Å². The van der Waals surface area contributed by atoms with Crippen molar-refractivity contribution in [3.8, 4) is 5.75 Å². The van der Waals surface area contributed by atoms with Crippen molar-refractivity contribution in [3.05, 3.63) is 29.3 Å². The predicted octanol–water partition coefficient (Wildman–Crippen LogP) is 2.65.